The molecule has 1 aromatic carbocycles. The van der Waals surface area contributed by atoms with Crippen LogP contribution < -0.4 is 15.4 Å². The Bertz CT molecular complexity index is 390. The molecule has 2 N–H and O–H groups in total. The zero-order valence-electron chi connectivity index (χ0n) is 10.9. The highest BCUT2D eigenvalue weighted by molar-refractivity contribution is 5.75. The predicted molar refractivity (Wildman–Crippen MR) is 72.6 cm³/mol. The van der Waals surface area contributed by atoms with Crippen molar-refractivity contribution in [3.8, 4) is 5.75 Å². The molecule has 1 unspecified atom stereocenters. The van der Waals surface area contributed by atoms with Crippen LogP contribution in [0.1, 0.15) is 27.2 Å². The molecule has 1 heterocycles. The van der Waals surface area contributed by atoms with E-state index >= 15 is 0 Å². The molecular weight excluding hydrogens is 212 g/mol. The quantitative estimate of drug-likeness (QED) is 0.817. The molecule has 0 aromatic heterocycles. The minimum atomic E-state index is 0.281. The molecule has 0 aliphatic carbocycles. The van der Waals surface area contributed by atoms with Crippen molar-refractivity contribution >= 4 is 11.4 Å². The van der Waals surface area contributed by atoms with Crippen LogP contribution in [0, 0.1) is 5.92 Å². The van der Waals surface area contributed by atoms with Crippen LogP contribution >= 0.6 is 0 Å². The molecule has 3 nitrogen and oxygen atoms in total. The van der Waals surface area contributed by atoms with Crippen LogP contribution in [0.2, 0.25) is 0 Å². The summed E-state index contributed by atoms with van der Waals surface area (Å²) in [4.78, 5) is 2.37. The standard InChI is InChI=1S/C14H22N2O/c1-4-11-9-16(8-10(2)3)14-12(15)6-5-7-13(14)17-11/h5-7,10-11H,4,8-9,15H2,1-3H3. The SMILES string of the molecule is CCC1CN(CC(C)C)c2c(N)cccc2O1. The number of nitrogens with zero attached hydrogens (tertiary/aromatic N) is 1. The summed E-state index contributed by atoms with van der Waals surface area (Å²) in [6, 6.07) is 5.92. The van der Waals surface area contributed by atoms with Gasteiger partial charge in [-0.3, -0.25) is 0 Å². The van der Waals surface area contributed by atoms with Gasteiger partial charge in [0.2, 0.25) is 0 Å². The maximum absolute atomic E-state index is 6.07. The average Bonchev–Trinajstić information content (AvgIpc) is 2.27. The second kappa shape index (κ2) is 4.86. The second-order valence-corrected chi connectivity index (χ2v) is 5.14. The van der Waals surface area contributed by atoms with E-state index in [1.54, 1.807) is 0 Å². The van der Waals surface area contributed by atoms with E-state index in [9.17, 15) is 0 Å². The lowest BCUT2D eigenvalue weighted by Gasteiger charge is -2.37. The molecule has 1 atom stereocenters. The number of fused-ring (bicyclic) bond motifs is 1. The molecule has 0 fully saturated rings. The van der Waals surface area contributed by atoms with Crippen molar-refractivity contribution < 1.29 is 4.74 Å². The lowest BCUT2D eigenvalue weighted by molar-refractivity contribution is 0.188. The first kappa shape index (κ1) is 12.1. The first-order valence-corrected chi connectivity index (χ1v) is 6.42. The third-order valence-electron chi connectivity index (χ3n) is 3.10. The molecule has 0 bridgehead atoms. The van der Waals surface area contributed by atoms with E-state index in [1.165, 1.54) is 0 Å². The molecule has 1 aromatic rings. The Labute approximate surface area is 104 Å². The molecule has 0 amide bonds. The van der Waals surface area contributed by atoms with Gasteiger partial charge in [0.25, 0.3) is 0 Å². The Morgan fingerprint density at radius 1 is 1.47 bits per heavy atom. The predicted octanol–water partition coefficient (Wildman–Crippen LogP) is 2.90. The second-order valence-electron chi connectivity index (χ2n) is 5.14. The molecule has 0 saturated carbocycles. The van der Waals surface area contributed by atoms with E-state index in [2.05, 4.69) is 25.7 Å². The van der Waals surface area contributed by atoms with Crippen molar-refractivity contribution in [2.45, 2.75) is 33.3 Å². The van der Waals surface area contributed by atoms with Crippen molar-refractivity contribution in [3.63, 3.8) is 0 Å². The molecule has 17 heavy (non-hydrogen) atoms. The fraction of sp³-hybridized carbons (Fsp3) is 0.571. The molecule has 1 aliphatic heterocycles. The van der Waals surface area contributed by atoms with Crippen LogP contribution in [0.3, 0.4) is 0 Å². The van der Waals surface area contributed by atoms with Gasteiger partial charge in [0.05, 0.1) is 12.2 Å². The number of para-hydroxylation sites is 1. The van der Waals surface area contributed by atoms with Crippen LogP contribution in [0.15, 0.2) is 18.2 Å². The first-order valence-electron chi connectivity index (χ1n) is 6.42. The number of hydrogen-bond donors (Lipinski definition) is 1. The first-order chi connectivity index (χ1) is 8.11. The summed E-state index contributed by atoms with van der Waals surface area (Å²) in [7, 11) is 0. The fourth-order valence-corrected chi connectivity index (χ4v) is 2.35. The molecule has 0 radical (unpaired) electrons. The number of hydrogen-bond acceptors (Lipinski definition) is 3. The van der Waals surface area contributed by atoms with E-state index in [1.807, 2.05) is 18.2 Å². The number of ether oxygens (including phenoxy) is 1. The normalized spacial score (nSPS) is 19.1. The lowest BCUT2D eigenvalue weighted by atomic mass is 10.1. The van der Waals surface area contributed by atoms with Gasteiger partial charge in [-0.2, -0.15) is 0 Å². The van der Waals surface area contributed by atoms with Crippen LogP contribution in [-0.4, -0.2) is 19.2 Å². The summed E-state index contributed by atoms with van der Waals surface area (Å²) < 4.78 is 5.95. The Morgan fingerprint density at radius 2 is 2.24 bits per heavy atom. The van der Waals surface area contributed by atoms with Crippen LogP contribution in [0.5, 0.6) is 5.75 Å². The molecule has 0 saturated heterocycles. The fourth-order valence-electron chi connectivity index (χ4n) is 2.35. The zero-order chi connectivity index (χ0) is 12.4. The molecule has 1 aliphatic rings. The molecule has 94 valence electrons. The number of nitrogen functional groups attached to an aromatic ring is 1. The van der Waals surface area contributed by atoms with E-state index in [4.69, 9.17) is 10.5 Å². The van der Waals surface area contributed by atoms with Gasteiger partial charge in [-0.1, -0.05) is 26.8 Å². The van der Waals surface area contributed by atoms with Gasteiger partial charge in [-0.25, -0.2) is 0 Å². The van der Waals surface area contributed by atoms with E-state index in [0.717, 1.165) is 36.6 Å². The number of anilines is 2. The van der Waals surface area contributed by atoms with Gasteiger partial charge in [0, 0.05) is 6.54 Å². The Kier molecular flexibility index (Phi) is 3.46. The minimum Gasteiger partial charge on any atom is -0.486 e. The summed E-state index contributed by atoms with van der Waals surface area (Å²) in [5.41, 5.74) is 7.96. The Balaban J connectivity index is 2.34. The van der Waals surface area contributed by atoms with Crippen molar-refractivity contribution in [2.24, 2.45) is 5.92 Å². The average molecular weight is 234 g/mol. The third-order valence-corrected chi connectivity index (χ3v) is 3.10. The zero-order valence-corrected chi connectivity index (χ0v) is 10.9. The van der Waals surface area contributed by atoms with Crippen molar-refractivity contribution in [3.05, 3.63) is 18.2 Å². The van der Waals surface area contributed by atoms with Crippen molar-refractivity contribution in [1.29, 1.82) is 0 Å². The van der Waals surface area contributed by atoms with Gasteiger partial charge in [-0.15, -0.1) is 0 Å². The molecule has 0 spiro atoms. The van der Waals surface area contributed by atoms with Gasteiger partial charge in [0.15, 0.2) is 0 Å². The van der Waals surface area contributed by atoms with Crippen LogP contribution in [-0.2, 0) is 0 Å². The number of benzene rings is 1. The Hall–Kier alpha value is -1.38. The topological polar surface area (TPSA) is 38.5 Å². The van der Waals surface area contributed by atoms with Crippen molar-refractivity contribution in [2.75, 3.05) is 23.7 Å². The van der Waals surface area contributed by atoms with Gasteiger partial charge < -0.3 is 15.4 Å². The van der Waals surface area contributed by atoms with Crippen LogP contribution in [0.4, 0.5) is 11.4 Å². The maximum atomic E-state index is 6.07. The maximum Gasteiger partial charge on any atom is 0.145 e. The van der Waals surface area contributed by atoms with Gasteiger partial charge in [0.1, 0.15) is 17.5 Å². The summed E-state index contributed by atoms with van der Waals surface area (Å²) in [5.74, 6) is 1.56. The highest BCUT2D eigenvalue weighted by atomic mass is 16.5. The minimum absolute atomic E-state index is 0.281. The molecule has 2 rings (SSSR count). The number of nitrogens with two attached hydrogens (primary N) is 1. The highest BCUT2D eigenvalue weighted by Gasteiger charge is 2.26. The van der Waals surface area contributed by atoms with E-state index < -0.39 is 0 Å². The smallest absolute Gasteiger partial charge is 0.145 e. The molecule has 3 heteroatoms. The van der Waals surface area contributed by atoms with E-state index in [-0.39, 0.29) is 6.10 Å². The van der Waals surface area contributed by atoms with Crippen molar-refractivity contribution in [1.82, 2.24) is 0 Å². The highest BCUT2D eigenvalue weighted by Crippen LogP contribution is 2.38. The number of rotatable bonds is 3. The third kappa shape index (κ3) is 2.48. The monoisotopic (exact) mass is 234 g/mol. The van der Waals surface area contributed by atoms with E-state index in [0.29, 0.717) is 5.92 Å². The largest absolute Gasteiger partial charge is 0.486 e. The summed E-state index contributed by atoms with van der Waals surface area (Å²) in [5, 5.41) is 0. The Morgan fingerprint density at radius 3 is 2.88 bits per heavy atom. The summed E-state index contributed by atoms with van der Waals surface area (Å²) in [6.45, 7) is 8.59. The van der Waals surface area contributed by atoms with Crippen LogP contribution in [0.25, 0.3) is 0 Å². The summed E-state index contributed by atoms with van der Waals surface area (Å²) in [6.07, 6.45) is 1.31. The van der Waals surface area contributed by atoms with Gasteiger partial charge >= 0.3 is 0 Å². The van der Waals surface area contributed by atoms with Gasteiger partial charge in [-0.05, 0) is 24.5 Å². The lowest BCUT2D eigenvalue weighted by Crippen LogP contribution is -2.41. The molecular formula is C14H22N2O. The summed E-state index contributed by atoms with van der Waals surface area (Å²) >= 11 is 0.